The van der Waals surface area contributed by atoms with Gasteiger partial charge in [-0.2, -0.15) is 13.2 Å². The zero-order chi connectivity index (χ0) is 21.2. The molecule has 0 unspecified atom stereocenters. The summed E-state index contributed by atoms with van der Waals surface area (Å²) in [6.07, 6.45) is -4.73. The van der Waals surface area contributed by atoms with Crippen molar-refractivity contribution >= 4 is 17.7 Å². The van der Waals surface area contributed by atoms with Crippen LogP contribution in [0.4, 0.5) is 23.7 Å². The highest BCUT2D eigenvalue weighted by Crippen LogP contribution is 2.41. The minimum atomic E-state index is -4.73. The van der Waals surface area contributed by atoms with Crippen LogP contribution in [-0.4, -0.2) is 17.1 Å². The fraction of sp³-hybridized carbons (Fsp3) is 0.0476. The fourth-order valence-electron chi connectivity index (χ4n) is 3.07. The molecule has 3 aromatic carbocycles. The van der Waals surface area contributed by atoms with Gasteiger partial charge >= 0.3 is 18.2 Å². The summed E-state index contributed by atoms with van der Waals surface area (Å²) < 4.78 is 41.5. The van der Waals surface area contributed by atoms with Gasteiger partial charge in [-0.3, -0.25) is 0 Å². The lowest BCUT2D eigenvalue weighted by Crippen LogP contribution is -2.21. The molecule has 0 aliphatic carbocycles. The number of benzene rings is 3. The lowest BCUT2D eigenvalue weighted by atomic mass is 9.91. The van der Waals surface area contributed by atoms with E-state index in [4.69, 9.17) is 5.73 Å². The lowest BCUT2D eigenvalue weighted by Gasteiger charge is -2.18. The normalized spacial score (nSPS) is 11.1. The Morgan fingerprint density at radius 1 is 0.862 bits per heavy atom. The smallest absolute Gasteiger partial charge is 0.417 e. The van der Waals surface area contributed by atoms with Crippen molar-refractivity contribution in [2.45, 2.75) is 6.18 Å². The van der Waals surface area contributed by atoms with Crippen LogP contribution in [-0.2, 0) is 6.18 Å². The number of carboxylic acids is 1. The number of alkyl halides is 3. The third-order valence-corrected chi connectivity index (χ3v) is 4.26. The first-order chi connectivity index (χ1) is 13.7. The van der Waals surface area contributed by atoms with E-state index >= 15 is 0 Å². The van der Waals surface area contributed by atoms with E-state index < -0.39 is 29.3 Å². The Bertz CT molecular complexity index is 1080. The number of halogens is 3. The number of carbonyl (C=O) groups is 2. The quantitative estimate of drug-likeness (QED) is 0.560. The number of hydrogen-bond donors (Lipinski definition) is 3. The number of carboxylic acid groups (broad SMARTS) is 1. The van der Waals surface area contributed by atoms with Crippen molar-refractivity contribution in [2.24, 2.45) is 5.73 Å². The molecule has 3 aromatic rings. The molecule has 0 spiro atoms. The predicted molar refractivity (Wildman–Crippen MR) is 102 cm³/mol. The molecular weight excluding hydrogens is 385 g/mol. The molecule has 0 aromatic heterocycles. The number of rotatable bonds is 4. The Hall–Kier alpha value is -3.81. The highest BCUT2D eigenvalue weighted by atomic mass is 19.4. The second kappa shape index (κ2) is 7.67. The van der Waals surface area contributed by atoms with Gasteiger partial charge in [0.15, 0.2) is 0 Å². The molecule has 148 valence electrons. The van der Waals surface area contributed by atoms with Gasteiger partial charge in [0.2, 0.25) is 0 Å². The van der Waals surface area contributed by atoms with Gasteiger partial charge in [0.25, 0.3) is 0 Å². The third kappa shape index (κ3) is 4.21. The molecule has 3 rings (SSSR count). The maximum absolute atomic E-state index is 13.8. The van der Waals surface area contributed by atoms with E-state index in [0.717, 1.165) is 6.07 Å². The van der Waals surface area contributed by atoms with Gasteiger partial charge in [0, 0.05) is 0 Å². The first-order valence-electron chi connectivity index (χ1n) is 8.38. The molecule has 0 fully saturated rings. The van der Waals surface area contributed by atoms with Crippen molar-refractivity contribution in [1.29, 1.82) is 0 Å². The molecule has 0 saturated carbocycles. The van der Waals surface area contributed by atoms with Gasteiger partial charge in [-0.15, -0.1) is 0 Å². The molecule has 0 atom stereocenters. The number of hydrogen-bond acceptors (Lipinski definition) is 2. The van der Waals surface area contributed by atoms with Crippen molar-refractivity contribution in [1.82, 2.24) is 0 Å². The third-order valence-electron chi connectivity index (χ3n) is 4.26. The van der Waals surface area contributed by atoms with Crippen LogP contribution in [0.25, 0.3) is 22.3 Å². The largest absolute Gasteiger partial charge is 0.478 e. The van der Waals surface area contributed by atoms with Crippen molar-refractivity contribution in [3.63, 3.8) is 0 Å². The second-order valence-corrected chi connectivity index (χ2v) is 6.15. The van der Waals surface area contributed by atoms with E-state index in [1.807, 2.05) is 0 Å². The number of carbonyl (C=O) groups excluding carboxylic acids is 1. The second-order valence-electron chi connectivity index (χ2n) is 6.15. The highest BCUT2D eigenvalue weighted by molar-refractivity contribution is 6.05. The number of urea groups is 1. The SMILES string of the molecule is NC(=O)Nc1cccc(-c2ccc(-c3ccccc3)cc2C(F)(F)F)c1C(=O)O. The molecule has 8 heteroatoms. The molecule has 5 nitrogen and oxygen atoms in total. The van der Waals surface area contributed by atoms with E-state index in [1.54, 1.807) is 30.3 Å². The van der Waals surface area contributed by atoms with E-state index in [-0.39, 0.29) is 16.8 Å². The molecule has 0 aliphatic heterocycles. The first kappa shape index (κ1) is 19.9. The summed E-state index contributed by atoms with van der Waals surface area (Å²) in [6.45, 7) is 0. The standard InChI is InChI=1S/C21H15F3N2O3/c22-21(23,24)16-11-13(12-5-2-1-3-6-12)9-10-14(16)15-7-4-8-17(26-20(25)29)18(15)19(27)28/h1-11H,(H,27,28)(H3,25,26,29). The van der Waals surface area contributed by atoms with E-state index in [1.165, 1.54) is 30.3 Å². The van der Waals surface area contributed by atoms with Gasteiger partial charge in [-0.05, 0) is 34.4 Å². The van der Waals surface area contributed by atoms with Gasteiger partial charge in [0.1, 0.15) is 0 Å². The molecule has 0 heterocycles. The Labute approximate surface area is 163 Å². The predicted octanol–water partition coefficient (Wildman–Crippen LogP) is 5.23. The number of aromatic carboxylic acids is 1. The van der Waals surface area contributed by atoms with Crippen LogP contribution in [0.15, 0.2) is 66.7 Å². The molecular formula is C21H15F3N2O3. The summed E-state index contributed by atoms with van der Waals surface area (Å²) >= 11 is 0. The summed E-state index contributed by atoms with van der Waals surface area (Å²) in [5.41, 5.74) is 3.81. The number of nitrogens with two attached hydrogens (primary N) is 1. The summed E-state index contributed by atoms with van der Waals surface area (Å²) in [4.78, 5) is 22.9. The van der Waals surface area contributed by atoms with E-state index in [9.17, 15) is 27.9 Å². The molecule has 29 heavy (non-hydrogen) atoms. The number of primary amides is 1. The van der Waals surface area contributed by atoms with Gasteiger partial charge in [-0.1, -0.05) is 54.6 Å². The zero-order valence-electron chi connectivity index (χ0n) is 14.8. The highest BCUT2D eigenvalue weighted by Gasteiger charge is 2.35. The van der Waals surface area contributed by atoms with Crippen LogP contribution in [0.2, 0.25) is 0 Å². The van der Waals surface area contributed by atoms with Gasteiger partial charge in [-0.25, -0.2) is 9.59 Å². The number of anilines is 1. The van der Waals surface area contributed by atoms with Crippen molar-refractivity contribution < 1.29 is 27.9 Å². The summed E-state index contributed by atoms with van der Waals surface area (Å²) in [7, 11) is 0. The Kier molecular flexibility index (Phi) is 5.27. The number of amides is 2. The molecule has 4 N–H and O–H groups in total. The van der Waals surface area contributed by atoms with Crippen LogP contribution in [0.1, 0.15) is 15.9 Å². The zero-order valence-corrected chi connectivity index (χ0v) is 14.8. The first-order valence-corrected chi connectivity index (χ1v) is 8.38. The van der Waals surface area contributed by atoms with Crippen molar-refractivity contribution in [3.8, 4) is 22.3 Å². The van der Waals surface area contributed by atoms with Gasteiger partial charge in [0.05, 0.1) is 16.8 Å². The van der Waals surface area contributed by atoms with Crippen LogP contribution >= 0.6 is 0 Å². The van der Waals surface area contributed by atoms with E-state index in [2.05, 4.69) is 5.32 Å². The fourth-order valence-corrected chi connectivity index (χ4v) is 3.07. The minimum absolute atomic E-state index is 0.185. The molecule has 2 amide bonds. The summed E-state index contributed by atoms with van der Waals surface area (Å²) in [6, 6.07) is 15.0. The van der Waals surface area contributed by atoms with Crippen LogP contribution in [0, 0.1) is 0 Å². The monoisotopic (exact) mass is 400 g/mol. The maximum Gasteiger partial charge on any atom is 0.417 e. The van der Waals surface area contributed by atoms with Crippen LogP contribution < -0.4 is 11.1 Å². The topological polar surface area (TPSA) is 92.4 Å². The lowest BCUT2D eigenvalue weighted by molar-refractivity contribution is -0.137. The van der Waals surface area contributed by atoms with Crippen LogP contribution in [0.3, 0.4) is 0 Å². The molecule has 0 aliphatic rings. The Balaban J connectivity index is 2.26. The maximum atomic E-state index is 13.8. The Morgan fingerprint density at radius 3 is 2.14 bits per heavy atom. The molecule has 0 bridgehead atoms. The van der Waals surface area contributed by atoms with Crippen LogP contribution in [0.5, 0.6) is 0 Å². The van der Waals surface area contributed by atoms with Crippen molar-refractivity contribution in [3.05, 3.63) is 77.9 Å². The Morgan fingerprint density at radius 2 is 1.55 bits per heavy atom. The average Bonchev–Trinajstić information content (AvgIpc) is 2.66. The summed E-state index contributed by atoms with van der Waals surface area (Å²) in [5.74, 6) is -1.50. The van der Waals surface area contributed by atoms with Crippen molar-refractivity contribution in [2.75, 3.05) is 5.32 Å². The minimum Gasteiger partial charge on any atom is -0.478 e. The molecule has 0 radical (unpaired) electrons. The molecule has 0 saturated heterocycles. The summed E-state index contributed by atoms with van der Waals surface area (Å²) in [5, 5.41) is 11.7. The average molecular weight is 400 g/mol. The van der Waals surface area contributed by atoms with Gasteiger partial charge < -0.3 is 16.2 Å². The number of nitrogens with one attached hydrogen (secondary N) is 1. The van der Waals surface area contributed by atoms with E-state index in [0.29, 0.717) is 11.1 Å².